The first-order valence-corrected chi connectivity index (χ1v) is 11.8. The van der Waals surface area contributed by atoms with Gasteiger partial charge in [-0.05, 0) is 62.1 Å². The van der Waals surface area contributed by atoms with Gasteiger partial charge in [-0.3, -0.25) is 10.2 Å². The SMILES string of the molecule is Cc1cccc2c1nc(COc1ccc(Cl)cc1)n2CCC(C)C(=O)NN1CCCCC1. The number of ether oxygens (including phenoxy) is 1. The predicted molar refractivity (Wildman–Crippen MR) is 128 cm³/mol. The van der Waals surface area contributed by atoms with Gasteiger partial charge in [-0.25, -0.2) is 9.99 Å². The van der Waals surface area contributed by atoms with E-state index in [2.05, 4.69) is 34.1 Å². The Labute approximate surface area is 194 Å². The molecular formula is C25H31ClN4O2. The summed E-state index contributed by atoms with van der Waals surface area (Å²) in [4.78, 5) is 17.6. The molecule has 32 heavy (non-hydrogen) atoms. The van der Waals surface area contributed by atoms with Gasteiger partial charge in [0.25, 0.3) is 0 Å². The lowest BCUT2D eigenvalue weighted by Crippen LogP contribution is -2.47. The van der Waals surface area contributed by atoms with E-state index in [0.717, 1.165) is 60.5 Å². The summed E-state index contributed by atoms with van der Waals surface area (Å²) in [6, 6.07) is 13.5. The van der Waals surface area contributed by atoms with E-state index < -0.39 is 0 Å². The standard InChI is InChI=1S/C25H31ClN4O2/c1-18-7-6-8-22-24(18)27-23(17-32-21-11-9-20(26)10-12-21)30(22)16-13-19(2)25(31)28-29-14-4-3-5-15-29/h6-12,19H,3-5,13-17H2,1-2H3,(H,28,31). The van der Waals surface area contributed by atoms with Crippen molar-refractivity contribution in [2.24, 2.45) is 5.92 Å². The fourth-order valence-electron chi connectivity index (χ4n) is 4.10. The zero-order valence-corrected chi connectivity index (χ0v) is 19.6. The van der Waals surface area contributed by atoms with Gasteiger partial charge in [-0.2, -0.15) is 0 Å². The van der Waals surface area contributed by atoms with Crippen LogP contribution in [0.15, 0.2) is 42.5 Å². The Balaban J connectivity index is 1.46. The Hall–Kier alpha value is -2.57. The average molecular weight is 455 g/mol. The van der Waals surface area contributed by atoms with Crippen molar-refractivity contribution in [2.45, 2.75) is 52.7 Å². The molecule has 1 fully saturated rings. The fraction of sp³-hybridized carbons (Fsp3) is 0.440. The Bertz CT molecular complexity index is 1060. The van der Waals surface area contributed by atoms with Gasteiger partial charge in [0.1, 0.15) is 18.2 Å². The summed E-state index contributed by atoms with van der Waals surface area (Å²) in [7, 11) is 0. The number of hydrogen-bond donors (Lipinski definition) is 1. The van der Waals surface area contributed by atoms with Gasteiger partial charge in [0.2, 0.25) is 5.91 Å². The number of hydrogen-bond acceptors (Lipinski definition) is 4. The minimum Gasteiger partial charge on any atom is -0.486 e. The molecule has 1 saturated heterocycles. The van der Waals surface area contributed by atoms with E-state index >= 15 is 0 Å². The minimum atomic E-state index is -0.0933. The average Bonchev–Trinajstić information content (AvgIpc) is 3.16. The molecule has 2 heterocycles. The van der Waals surface area contributed by atoms with Gasteiger partial charge in [0, 0.05) is 30.6 Å². The zero-order valence-electron chi connectivity index (χ0n) is 18.8. The molecule has 1 aliphatic heterocycles. The van der Waals surface area contributed by atoms with Gasteiger partial charge in [-0.1, -0.05) is 37.1 Å². The zero-order chi connectivity index (χ0) is 22.5. The number of nitrogens with zero attached hydrogens (tertiary/aromatic N) is 3. The van der Waals surface area contributed by atoms with E-state index in [-0.39, 0.29) is 11.8 Å². The molecule has 2 aromatic carbocycles. The van der Waals surface area contributed by atoms with Crippen LogP contribution < -0.4 is 10.2 Å². The van der Waals surface area contributed by atoms with Crippen LogP contribution in [0.25, 0.3) is 11.0 Å². The molecular weight excluding hydrogens is 424 g/mol. The second-order valence-corrected chi connectivity index (χ2v) is 9.01. The smallest absolute Gasteiger partial charge is 0.237 e. The lowest BCUT2D eigenvalue weighted by atomic mass is 10.1. The quantitative estimate of drug-likeness (QED) is 0.513. The van der Waals surface area contributed by atoms with Gasteiger partial charge < -0.3 is 9.30 Å². The summed E-state index contributed by atoms with van der Waals surface area (Å²) < 4.78 is 8.17. The lowest BCUT2D eigenvalue weighted by Gasteiger charge is -2.28. The number of rotatable bonds is 8. The number of para-hydroxylation sites is 1. The van der Waals surface area contributed by atoms with Crippen LogP contribution in [0, 0.1) is 12.8 Å². The number of carbonyl (C=O) groups excluding carboxylic acids is 1. The number of hydrazine groups is 1. The summed E-state index contributed by atoms with van der Waals surface area (Å²) in [5.74, 6) is 1.60. The Morgan fingerprint density at radius 2 is 1.91 bits per heavy atom. The Morgan fingerprint density at radius 1 is 1.16 bits per heavy atom. The molecule has 0 radical (unpaired) electrons. The number of carbonyl (C=O) groups is 1. The first-order valence-electron chi connectivity index (χ1n) is 11.4. The van der Waals surface area contributed by atoms with E-state index in [1.54, 1.807) is 0 Å². The molecule has 6 nitrogen and oxygen atoms in total. The molecule has 0 spiro atoms. The largest absolute Gasteiger partial charge is 0.486 e. The number of imidazole rings is 1. The van der Waals surface area contributed by atoms with Crippen molar-refractivity contribution in [3.63, 3.8) is 0 Å². The van der Waals surface area contributed by atoms with Crippen molar-refractivity contribution >= 4 is 28.5 Å². The second kappa shape index (κ2) is 10.4. The first kappa shape index (κ1) is 22.6. The summed E-state index contributed by atoms with van der Waals surface area (Å²) in [5, 5.41) is 2.74. The molecule has 4 rings (SSSR count). The number of aryl methyl sites for hydroxylation is 2. The number of piperidine rings is 1. The summed E-state index contributed by atoms with van der Waals surface area (Å²) in [5.41, 5.74) is 6.28. The topological polar surface area (TPSA) is 59.4 Å². The second-order valence-electron chi connectivity index (χ2n) is 8.58. The Kier molecular flexibility index (Phi) is 7.33. The molecule has 1 atom stereocenters. The highest BCUT2D eigenvalue weighted by Crippen LogP contribution is 2.23. The molecule has 1 aliphatic rings. The van der Waals surface area contributed by atoms with Crippen molar-refractivity contribution < 1.29 is 9.53 Å². The van der Waals surface area contributed by atoms with Crippen LogP contribution in [0.4, 0.5) is 0 Å². The van der Waals surface area contributed by atoms with Crippen LogP contribution in [0.2, 0.25) is 5.02 Å². The highest BCUT2D eigenvalue weighted by Gasteiger charge is 2.19. The highest BCUT2D eigenvalue weighted by atomic mass is 35.5. The van der Waals surface area contributed by atoms with Crippen LogP contribution in [-0.2, 0) is 17.9 Å². The number of halogens is 1. The first-order chi connectivity index (χ1) is 15.5. The Morgan fingerprint density at radius 3 is 2.66 bits per heavy atom. The summed E-state index contributed by atoms with van der Waals surface area (Å²) in [6.07, 6.45) is 4.26. The monoisotopic (exact) mass is 454 g/mol. The molecule has 1 N–H and O–H groups in total. The van der Waals surface area contributed by atoms with Crippen molar-refractivity contribution in [1.82, 2.24) is 20.0 Å². The molecule has 170 valence electrons. The van der Waals surface area contributed by atoms with E-state index in [4.69, 9.17) is 21.3 Å². The number of amides is 1. The minimum absolute atomic E-state index is 0.0893. The third-order valence-corrected chi connectivity index (χ3v) is 6.35. The lowest BCUT2D eigenvalue weighted by molar-refractivity contribution is -0.130. The number of nitrogens with one attached hydrogen (secondary N) is 1. The molecule has 0 bridgehead atoms. The van der Waals surface area contributed by atoms with Gasteiger partial charge in [-0.15, -0.1) is 0 Å². The van der Waals surface area contributed by atoms with E-state index in [9.17, 15) is 4.79 Å². The third kappa shape index (κ3) is 5.43. The molecule has 3 aromatic rings. The fourth-order valence-corrected chi connectivity index (χ4v) is 4.23. The molecule has 0 aliphatic carbocycles. The van der Waals surface area contributed by atoms with Gasteiger partial charge in [0.05, 0.1) is 11.0 Å². The van der Waals surface area contributed by atoms with E-state index in [0.29, 0.717) is 18.2 Å². The van der Waals surface area contributed by atoms with Crippen molar-refractivity contribution in [3.05, 3.63) is 58.9 Å². The number of fused-ring (bicyclic) bond motifs is 1. The molecule has 7 heteroatoms. The molecule has 1 aromatic heterocycles. The van der Waals surface area contributed by atoms with E-state index in [1.165, 1.54) is 6.42 Å². The third-order valence-electron chi connectivity index (χ3n) is 6.10. The molecule has 1 amide bonds. The maximum Gasteiger partial charge on any atom is 0.237 e. The van der Waals surface area contributed by atoms with Crippen molar-refractivity contribution in [1.29, 1.82) is 0 Å². The predicted octanol–water partition coefficient (Wildman–Crippen LogP) is 5.12. The van der Waals surface area contributed by atoms with Crippen LogP contribution in [0.5, 0.6) is 5.75 Å². The summed E-state index contributed by atoms with van der Waals surface area (Å²) >= 11 is 5.98. The molecule has 1 unspecified atom stereocenters. The number of aromatic nitrogens is 2. The molecule has 0 saturated carbocycles. The van der Waals surface area contributed by atoms with Gasteiger partial charge in [0.15, 0.2) is 0 Å². The van der Waals surface area contributed by atoms with Crippen molar-refractivity contribution in [2.75, 3.05) is 13.1 Å². The maximum atomic E-state index is 12.7. The van der Waals surface area contributed by atoms with Crippen LogP contribution in [0.3, 0.4) is 0 Å². The maximum absolute atomic E-state index is 12.7. The van der Waals surface area contributed by atoms with Crippen LogP contribution in [0.1, 0.15) is 44.0 Å². The van der Waals surface area contributed by atoms with Crippen LogP contribution >= 0.6 is 11.6 Å². The summed E-state index contributed by atoms with van der Waals surface area (Å²) in [6.45, 7) is 7.00. The highest BCUT2D eigenvalue weighted by molar-refractivity contribution is 6.30. The van der Waals surface area contributed by atoms with Crippen LogP contribution in [-0.4, -0.2) is 33.6 Å². The van der Waals surface area contributed by atoms with Crippen molar-refractivity contribution in [3.8, 4) is 5.75 Å². The van der Waals surface area contributed by atoms with E-state index in [1.807, 2.05) is 37.3 Å². The normalized spacial score (nSPS) is 15.6. The number of benzene rings is 2. The van der Waals surface area contributed by atoms with Gasteiger partial charge >= 0.3 is 0 Å².